The van der Waals surface area contributed by atoms with Gasteiger partial charge in [0.25, 0.3) is 0 Å². The Kier molecular flexibility index (Phi) is 11.7. The number of aryl methyl sites for hydroxylation is 2. The smallest absolute Gasteiger partial charge is 0.408 e. The van der Waals surface area contributed by atoms with Gasteiger partial charge >= 0.3 is 6.09 Å². The first-order chi connectivity index (χ1) is 16.3. The minimum Gasteiger partial charge on any atom is -0.444 e. The van der Waals surface area contributed by atoms with Gasteiger partial charge in [0.1, 0.15) is 24.2 Å². The molecule has 0 radical (unpaired) electrons. The zero-order valence-electron chi connectivity index (χ0n) is 22.5. The number of amides is 3. The maximum atomic E-state index is 13.9. The number of benzene rings is 1. The number of nitriles is 1. The maximum Gasteiger partial charge on any atom is 0.408 e. The Balaban J connectivity index is 3.49. The molecule has 1 rings (SSSR count). The largest absolute Gasteiger partial charge is 0.444 e. The molecular weight excluding hydrogens is 444 g/mol. The van der Waals surface area contributed by atoms with E-state index in [1.54, 1.807) is 20.8 Å². The van der Waals surface area contributed by atoms with Crippen molar-refractivity contribution >= 4 is 17.9 Å². The molecule has 0 saturated heterocycles. The van der Waals surface area contributed by atoms with Crippen molar-refractivity contribution in [3.8, 4) is 6.07 Å². The molecule has 0 saturated carbocycles. The summed E-state index contributed by atoms with van der Waals surface area (Å²) in [4.78, 5) is 41.2. The Hall–Kier alpha value is -3.08. The van der Waals surface area contributed by atoms with E-state index in [1.165, 1.54) is 4.90 Å². The van der Waals surface area contributed by atoms with Crippen LogP contribution in [0.4, 0.5) is 4.79 Å². The van der Waals surface area contributed by atoms with Crippen LogP contribution in [0.25, 0.3) is 0 Å². The average molecular weight is 487 g/mol. The molecule has 8 heteroatoms. The van der Waals surface area contributed by atoms with E-state index in [2.05, 4.69) is 10.6 Å². The summed E-state index contributed by atoms with van der Waals surface area (Å²) in [5, 5.41) is 15.2. The molecule has 0 fully saturated rings. The van der Waals surface area contributed by atoms with Gasteiger partial charge in [-0.25, -0.2) is 4.79 Å². The van der Waals surface area contributed by atoms with Crippen LogP contribution in [-0.2, 0) is 14.3 Å². The summed E-state index contributed by atoms with van der Waals surface area (Å²) in [5.74, 6) is -0.774. The quantitative estimate of drug-likeness (QED) is 0.352. The normalized spacial score (nSPS) is 12.9. The van der Waals surface area contributed by atoms with Crippen LogP contribution in [0.15, 0.2) is 18.2 Å². The van der Waals surface area contributed by atoms with Gasteiger partial charge in [-0.2, -0.15) is 5.26 Å². The van der Waals surface area contributed by atoms with Crippen LogP contribution in [0.3, 0.4) is 0 Å². The maximum absolute atomic E-state index is 13.9. The van der Waals surface area contributed by atoms with Crippen molar-refractivity contribution in [3.63, 3.8) is 0 Å². The Morgan fingerprint density at radius 3 is 2.23 bits per heavy atom. The molecule has 0 aliphatic rings. The van der Waals surface area contributed by atoms with E-state index < -0.39 is 29.7 Å². The molecule has 1 aromatic rings. The summed E-state index contributed by atoms with van der Waals surface area (Å²) in [7, 11) is 0. The van der Waals surface area contributed by atoms with Crippen LogP contribution in [0.2, 0.25) is 0 Å². The summed E-state index contributed by atoms with van der Waals surface area (Å²) >= 11 is 0. The summed E-state index contributed by atoms with van der Waals surface area (Å²) in [5.41, 5.74) is 1.64. The number of rotatable bonds is 11. The van der Waals surface area contributed by atoms with Crippen LogP contribution in [0.5, 0.6) is 0 Å². The van der Waals surface area contributed by atoms with Crippen molar-refractivity contribution in [2.45, 2.75) is 92.3 Å². The number of carbonyl (C=O) groups excluding carboxylic acids is 3. The lowest BCUT2D eigenvalue weighted by molar-refractivity contribution is -0.142. The van der Waals surface area contributed by atoms with E-state index in [4.69, 9.17) is 4.74 Å². The van der Waals surface area contributed by atoms with Gasteiger partial charge in [-0.3, -0.25) is 9.59 Å². The first kappa shape index (κ1) is 30.0. The number of carbonyl (C=O) groups is 3. The molecule has 0 aliphatic carbocycles. The van der Waals surface area contributed by atoms with Crippen LogP contribution in [0.1, 0.15) is 83.5 Å². The summed E-state index contributed by atoms with van der Waals surface area (Å²) < 4.78 is 5.37. The zero-order valence-corrected chi connectivity index (χ0v) is 22.5. The SMILES string of the molecule is CCCCNC(=O)C(c1c(C)cccc1C)N(CC#N)C(=O)C(CC(C)C)NC(=O)OC(C)(C)C. The van der Waals surface area contributed by atoms with E-state index in [0.29, 0.717) is 18.5 Å². The lowest BCUT2D eigenvalue weighted by atomic mass is 9.93. The van der Waals surface area contributed by atoms with E-state index in [1.807, 2.05) is 58.9 Å². The van der Waals surface area contributed by atoms with Crippen molar-refractivity contribution < 1.29 is 19.1 Å². The standard InChI is InChI=1S/C27H42N4O4/c1-9-10-15-29-24(32)23(22-19(4)12-11-13-20(22)5)31(16-14-28)25(33)21(17-18(2)3)30-26(34)35-27(6,7)8/h11-13,18,21,23H,9-10,15-17H2,1-8H3,(H,29,32)(H,30,34). The highest BCUT2D eigenvalue weighted by Crippen LogP contribution is 2.29. The molecule has 35 heavy (non-hydrogen) atoms. The van der Waals surface area contributed by atoms with Gasteiger partial charge in [0.15, 0.2) is 0 Å². The van der Waals surface area contributed by atoms with Crippen LogP contribution >= 0.6 is 0 Å². The average Bonchev–Trinajstić information content (AvgIpc) is 2.72. The van der Waals surface area contributed by atoms with Gasteiger partial charge in [-0.15, -0.1) is 0 Å². The first-order valence-corrected chi connectivity index (χ1v) is 12.3. The number of hydrogen-bond acceptors (Lipinski definition) is 5. The third-order valence-electron chi connectivity index (χ3n) is 5.43. The highest BCUT2D eigenvalue weighted by molar-refractivity contribution is 5.92. The summed E-state index contributed by atoms with van der Waals surface area (Å²) in [6.07, 6.45) is 1.32. The predicted octanol–water partition coefficient (Wildman–Crippen LogP) is 4.55. The van der Waals surface area contributed by atoms with Crippen molar-refractivity contribution in [2.24, 2.45) is 5.92 Å². The van der Waals surface area contributed by atoms with Gasteiger partial charge in [-0.05, 0) is 70.1 Å². The second-order valence-corrected chi connectivity index (χ2v) is 10.3. The fraction of sp³-hybridized carbons (Fsp3) is 0.630. The first-order valence-electron chi connectivity index (χ1n) is 12.3. The highest BCUT2D eigenvalue weighted by Gasteiger charge is 2.37. The Morgan fingerprint density at radius 2 is 1.74 bits per heavy atom. The van der Waals surface area contributed by atoms with E-state index in [9.17, 15) is 19.6 Å². The van der Waals surface area contributed by atoms with Crippen LogP contribution in [0, 0.1) is 31.1 Å². The van der Waals surface area contributed by atoms with Crippen molar-refractivity contribution in [1.82, 2.24) is 15.5 Å². The Morgan fingerprint density at radius 1 is 1.14 bits per heavy atom. The molecular formula is C27H42N4O4. The van der Waals surface area contributed by atoms with Gasteiger partial charge < -0.3 is 20.3 Å². The molecule has 2 N–H and O–H groups in total. The molecule has 1 aromatic carbocycles. The minimum atomic E-state index is -1.00. The Labute approximate surface area is 210 Å². The highest BCUT2D eigenvalue weighted by atomic mass is 16.6. The number of alkyl carbamates (subject to hydrolysis) is 1. The third-order valence-corrected chi connectivity index (χ3v) is 5.43. The molecule has 0 heterocycles. The van der Waals surface area contributed by atoms with Gasteiger partial charge in [0.05, 0.1) is 6.07 Å². The predicted molar refractivity (Wildman–Crippen MR) is 137 cm³/mol. The third kappa shape index (κ3) is 9.59. The molecule has 0 aromatic heterocycles. The topological polar surface area (TPSA) is 112 Å². The molecule has 2 unspecified atom stereocenters. The van der Waals surface area contributed by atoms with Gasteiger partial charge in [0.2, 0.25) is 11.8 Å². The molecule has 0 aliphatic heterocycles. The van der Waals surface area contributed by atoms with E-state index in [0.717, 1.165) is 24.0 Å². The molecule has 8 nitrogen and oxygen atoms in total. The number of unbranched alkanes of at least 4 members (excludes halogenated alkanes) is 1. The van der Waals surface area contributed by atoms with Crippen molar-refractivity contribution in [1.29, 1.82) is 5.26 Å². The van der Waals surface area contributed by atoms with Gasteiger partial charge in [0, 0.05) is 6.54 Å². The van der Waals surface area contributed by atoms with Crippen molar-refractivity contribution in [3.05, 3.63) is 34.9 Å². The van der Waals surface area contributed by atoms with E-state index in [-0.39, 0.29) is 18.4 Å². The fourth-order valence-electron chi connectivity index (χ4n) is 3.89. The molecule has 0 bridgehead atoms. The molecule has 2 atom stereocenters. The second-order valence-electron chi connectivity index (χ2n) is 10.3. The molecule has 194 valence electrons. The molecule has 0 spiro atoms. The van der Waals surface area contributed by atoms with Crippen LogP contribution in [-0.4, -0.2) is 47.5 Å². The number of ether oxygens (including phenoxy) is 1. The zero-order chi connectivity index (χ0) is 26.8. The summed E-state index contributed by atoms with van der Waals surface area (Å²) in [6, 6.07) is 5.74. The van der Waals surface area contributed by atoms with Crippen molar-refractivity contribution in [2.75, 3.05) is 13.1 Å². The number of nitrogens with zero attached hydrogens (tertiary/aromatic N) is 2. The Bertz CT molecular complexity index is 894. The molecule has 3 amide bonds. The monoisotopic (exact) mass is 486 g/mol. The van der Waals surface area contributed by atoms with Crippen LogP contribution < -0.4 is 10.6 Å². The minimum absolute atomic E-state index is 0.0693. The summed E-state index contributed by atoms with van der Waals surface area (Å²) in [6.45, 7) is 15.1. The second kappa shape index (κ2) is 13.7. The fourth-order valence-corrected chi connectivity index (χ4v) is 3.89. The number of nitrogens with one attached hydrogen (secondary N) is 2. The lowest BCUT2D eigenvalue weighted by Crippen LogP contribution is -2.53. The lowest BCUT2D eigenvalue weighted by Gasteiger charge is -2.34. The van der Waals surface area contributed by atoms with Gasteiger partial charge in [-0.1, -0.05) is 45.4 Å². The van der Waals surface area contributed by atoms with E-state index >= 15 is 0 Å². The number of hydrogen-bond donors (Lipinski definition) is 2.